The van der Waals surface area contributed by atoms with Crippen molar-refractivity contribution < 1.29 is 9.53 Å². The number of fused-ring (bicyclic) bond motifs is 1. The Morgan fingerprint density at radius 3 is 2.54 bits per heavy atom. The van der Waals surface area contributed by atoms with Crippen molar-refractivity contribution in [3.05, 3.63) is 47.2 Å². The van der Waals surface area contributed by atoms with E-state index < -0.39 is 5.60 Å². The molecule has 1 saturated heterocycles. The predicted molar refractivity (Wildman–Crippen MR) is 149 cm³/mol. The Hall–Kier alpha value is -3.33. The second-order valence-corrected chi connectivity index (χ2v) is 10.9. The van der Waals surface area contributed by atoms with E-state index >= 15 is 0 Å². The molecule has 1 aromatic carbocycles. The first-order valence-corrected chi connectivity index (χ1v) is 13.3. The molecule has 1 fully saturated rings. The summed E-state index contributed by atoms with van der Waals surface area (Å²) in [7, 11) is 0. The monoisotopic (exact) mass is 507 g/mol. The number of unbranched alkanes of at least 4 members (excludes halogenated alkanes) is 1. The van der Waals surface area contributed by atoms with Crippen molar-refractivity contribution in [2.75, 3.05) is 43.8 Å². The van der Waals surface area contributed by atoms with E-state index in [-0.39, 0.29) is 12.0 Å². The number of carbonyl (C=O) groups is 1. The number of carbonyl (C=O) groups excluding carboxylic acids is 1. The zero-order chi connectivity index (χ0) is 26.6. The first-order valence-electron chi connectivity index (χ1n) is 13.3. The molecule has 37 heavy (non-hydrogen) atoms. The predicted octanol–water partition coefficient (Wildman–Crippen LogP) is 4.63. The van der Waals surface area contributed by atoms with Crippen LogP contribution in [0.15, 0.2) is 30.5 Å². The van der Waals surface area contributed by atoms with Crippen molar-refractivity contribution in [1.29, 1.82) is 0 Å². The Labute approximate surface area is 220 Å². The first kappa shape index (κ1) is 26.7. The highest BCUT2D eigenvalue weighted by atomic mass is 16.6. The lowest BCUT2D eigenvalue weighted by molar-refractivity contribution is 0.0139. The quantitative estimate of drug-likeness (QED) is 0.429. The van der Waals surface area contributed by atoms with E-state index in [2.05, 4.69) is 63.0 Å². The summed E-state index contributed by atoms with van der Waals surface area (Å²) in [5.41, 5.74) is 11.1. The number of aromatic nitrogens is 3. The van der Waals surface area contributed by atoms with Gasteiger partial charge in [0.05, 0.1) is 5.52 Å². The van der Waals surface area contributed by atoms with Gasteiger partial charge in [-0.05, 0) is 56.9 Å². The van der Waals surface area contributed by atoms with Gasteiger partial charge in [-0.25, -0.2) is 9.78 Å². The van der Waals surface area contributed by atoms with Gasteiger partial charge in [0.25, 0.3) is 0 Å². The summed E-state index contributed by atoms with van der Waals surface area (Å²) in [5.74, 6) is 1.08. The molecule has 0 spiro atoms. The van der Waals surface area contributed by atoms with Gasteiger partial charge < -0.3 is 25.3 Å². The number of nitrogens with one attached hydrogen (secondary N) is 1. The molecule has 4 rings (SSSR count). The molecule has 3 aromatic rings. The molecule has 9 nitrogen and oxygen atoms in total. The van der Waals surface area contributed by atoms with Crippen LogP contribution in [0.3, 0.4) is 0 Å². The third kappa shape index (κ3) is 6.91. The number of rotatable bonds is 8. The standard InChI is InChI=1S/C28H41N7O2/c1-6-7-11-30-25-24-23(31-26(29)32-25)10-12-35(24)19-22-9-8-21(17-20(22)2)18-33-13-15-34(16-14-33)27(36)37-28(3,4)5/h8-10,12,17H,6-7,11,13-16,18-19H2,1-5H3,(H3,29,30,31,32). The Kier molecular flexibility index (Phi) is 8.22. The Balaban J connectivity index is 1.40. The molecule has 0 aliphatic carbocycles. The summed E-state index contributed by atoms with van der Waals surface area (Å²) >= 11 is 0. The SMILES string of the molecule is CCCCNc1nc(N)nc2ccn(Cc3ccc(CN4CCN(C(=O)OC(C)(C)C)CC4)cc3C)c12. The molecule has 0 unspecified atom stereocenters. The third-order valence-corrected chi connectivity index (χ3v) is 6.63. The lowest BCUT2D eigenvalue weighted by atomic mass is 10.0. The van der Waals surface area contributed by atoms with Crippen molar-refractivity contribution in [3.8, 4) is 0 Å². The fourth-order valence-electron chi connectivity index (χ4n) is 4.65. The average molecular weight is 508 g/mol. The van der Waals surface area contributed by atoms with Gasteiger partial charge in [0, 0.05) is 52.0 Å². The highest BCUT2D eigenvalue weighted by Crippen LogP contribution is 2.25. The lowest BCUT2D eigenvalue weighted by Crippen LogP contribution is -2.49. The van der Waals surface area contributed by atoms with Crippen LogP contribution in [0.5, 0.6) is 0 Å². The number of nitrogens with two attached hydrogens (primary N) is 1. The van der Waals surface area contributed by atoms with Crippen molar-refractivity contribution in [2.24, 2.45) is 0 Å². The van der Waals surface area contributed by atoms with Gasteiger partial charge in [-0.15, -0.1) is 0 Å². The summed E-state index contributed by atoms with van der Waals surface area (Å²) < 4.78 is 7.71. The van der Waals surface area contributed by atoms with Crippen LogP contribution in [-0.4, -0.2) is 68.8 Å². The maximum Gasteiger partial charge on any atom is 0.410 e. The van der Waals surface area contributed by atoms with Gasteiger partial charge in [-0.3, -0.25) is 4.90 Å². The van der Waals surface area contributed by atoms with E-state index in [1.807, 2.05) is 26.8 Å². The fraction of sp³-hybridized carbons (Fsp3) is 0.536. The van der Waals surface area contributed by atoms with Gasteiger partial charge in [0.2, 0.25) is 5.95 Å². The number of hydrogen-bond acceptors (Lipinski definition) is 7. The summed E-state index contributed by atoms with van der Waals surface area (Å²) in [6, 6.07) is 8.70. The number of amides is 1. The number of ether oxygens (including phenoxy) is 1. The molecule has 0 bridgehead atoms. The highest BCUT2D eigenvalue weighted by Gasteiger charge is 2.26. The minimum Gasteiger partial charge on any atom is -0.444 e. The molecule has 200 valence electrons. The Bertz CT molecular complexity index is 1220. The van der Waals surface area contributed by atoms with E-state index in [0.29, 0.717) is 13.1 Å². The topological polar surface area (TPSA) is 102 Å². The Morgan fingerprint density at radius 2 is 1.86 bits per heavy atom. The smallest absolute Gasteiger partial charge is 0.410 e. The number of anilines is 2. The first-order chi connectivity index (χ1) is 17.6. The van der Waals surface area contributed by atoms with Crippen LogP contribution in [-0.2, 0) is 17.8 Å². The molecule has 3 heterocycles. The van der Waals surface area contributed by atoms with Crippen molar-refractivity contribution in [1.82, 2.24) is 24.3 Å². The van der Waals surface area contributed by atoms with E-state index in [4.69, 9.17) is 10.5 Å². The second-order valence-electron chi connectivity index (χ2n) is 10.9. The molecule has 1 aliphatic heterocycles. The van der Waals surface area contributed by atoms with Crippen LogP contribution in [0.2, 0.25) is 0 Å². The van der Waals surface area contributed by atoms with Crippen molar-refractivity contribution >= 4 is 28.9 Å². The maximum absolute atomic E-state index is 12.3. The van der Waals surface area contributed by atoms with Gasteiger partial charge in [0.15, 0.2) is 5.82 Å². The summed E-state index contributed by atoms with van der Waals surface area (Å²) in [4.78, 5) is 25.5. The molecule has 0 atom stereocenters. The van der Waals surface area contributed by atoms with E-state index in [0.717, 1.165) is 62.4 Å². The van der Waals surface area contributed by atoms with Crippen molar-refractivity contribution in [2.45, 2.75) is 66.2 Å². The van der Waals surface area contributed by atoms with Crippen LogP contribution < -0.4 is 11.1 Å². The van der Waals surface area contributed by atoms with Gasteiger partial charge in [-0.1, -0.05) is 31.5 Å². The number of benzene rings is 1. The zero-order valence-electron chi connectivity index (χ0n) is 22.9. The second kappa shape index (κ2) is 11.4. The number of hydrogen-bond donors (Lipinski definition) is 2. The number of piperazine rings is 1. The molecule has 0 saturated carbocycles. The summed E-state index contributed by atoms with van der Waals surface area (Å²) in [6.45, 7) is 15.6. The lowest BCUT2D eigenvalue weighted by Gasteiger charge is -2.35. The highest BCUT2D eigenvalue weighted by molar-refractivity contribution is 5.87. The average Bonchev–Trinajstić information content (AvgIpc) is 3.22. The van der Waals surface area contributed by atoms with E-state index in [1.54, 1.807) is 4.90 Å². The minimum atomic E-state index is -0.464. The molecule has 3 N–H and O–H groups in total. The molecule has 0 radical (unpaired) electrons. The van der Waals surface area contributed by atoms with Crippen LogP contribution in [0.1, 0.15) is 57.2 Å². The number of aryl methyl sites for hydroxylation is 1. The molecular formula is C28H41N7O2. The van der Waals surface area contributed by atoms with Crippen LogP contribution >= 0.6 is 0 Å². The van der Waals surface area contributed by atoms with Gasteiger partial charge in [0.1, 0.15) is 11.1 Å². The van der Waals surface area contributed by atoms with E-state index in [1.165, 1.54) is 16.7 Å². The zero-order valence-corrected chi connectivity index (χ0v) is 22.9. The minimum absolute atomic E-state index is 0.221. The summed E-state index contributed by atoms with van der Waals surface area (Å²) in [5, 5.41) is 3.44. The molecular weight excluding hydrogens is 466 g/mol. The van der Waals surface area contributed by atoms with E-state index in [9.17, 15) is 4.79 Å². The maximum atomic E-state index is 12.3. The summed E-state index contributed by atoms with van der Waals surface area (Å²) in [6.07, 6.45) is 4.02. The number of nitrogens with zero attached hydrogens (tertiary/aromatic N) is 5. The molecule has 1 amide bonds. The molecule has 1 aliphatic rings. The molecule has 9 heteroatoms. The Morgan fingerprint density at radius 1 is 1.11 bits per heavy atom. The number of nitrogen functional groups attached to an aromatic ring is 1. The largest absolute Gasteiger partial charge is 0.444 e. The van der Waals surface area contributed by atoms with Crippen LogP contribution in [0.4, 0.5) is 16.6 Å². The normalized spacial score (nSPS) is 14.8. The van der Waals surface area contributed by atoms with Crippen molar-refractivity contribution in [3.63, 3.8) is 0 Å². The van der Waals surface area contributed by atoms with Gasteiger partial charge in [-0.2, -0.15) is 4.98 Å². The van der Waals surface area contributed by atoms with Gasteiger partial charge >= 0.3 is 6.09 Å². The fourth-order valence-corrected chi connectivity index (χ4v) is 4.65. The third-order valence-electron chi connectivity index (χ3n) is 6.63. The van der Waals surface area contributed by atoms with Crippen LogP contribution in [0.25, 0.3) is 11.0 Å². The van der Waals surface area contributed by atoms with Crippen LogP contribution in [0, 0.1) is 6.92 Å². The molecule has 2 aromatic heterocycles.